The van der Waals surface area contributed by atoms with Gasteiger partial charge >= 0.3 is 0 Å². The molecule has 0 amide bonds. The van der Waals surface area contributed by atoms with Gasteiger partial charge in [0, 0.05) is 0 Å². The van der Waals surface area contributed by atoms with Crippen molar-refractivity contribution in [3.05, 3.63) is 0 Å². The Kier molecular flexibility index (Phi) is 3.27. The zero-order valence-electron chi connectivity index (χ0n) is 9.88. The van der Waals surface area contributed by atoms with Crippen LogP contribution in [0.3, 0.4) is 0 Å². The number of hydrogen-bond acceptors (Lipinski definition) is 2. The van der Waals surface area contributed by atoms with E-state index in [-0.39, 0.29) is 0 Å². The molecule has 0 radical (unpaired) electrons. The molecule has 2 nitrogen and oxygen atoms in total. The van der Waals surface area contributed by atoms with Crippen molar-refractivity contribution in [1.82, 2.24) is 0 Å². The average molecular weight is 200 g/mol. The molecule has 0 saturated heterocycles. The van der Waals surface area contributed by atoms with Crippen molar-refractivity contribution in [2.45, 2.75) is 64.6 Å². The van der Waals surface area contributed by atoms with E-state index in [2.05, 4.69) is 13.8 Å². The highest BCUT2D eigenvalue weighted by molar-refractivity contribution is 4.97. The van der Waals surface area contributed by atoms with Crippen LogP contribution >= 0.6 is 0 Å². The second-order valence-corrected chi connectivity index (χ2v) is 5.67. The third-order valence-electron chi connectivity index (χ3n) is 3.94. The minimum atomic E-state index is -0.963. The maximum absolute atomic E-state index is 10.3. The molecule has 1 aliphatic rings. The third-order valence-corrected chi connectivity index (χ3v) is 3.94. The fourth-order valence-electron chi connectivity index (χ4n) is 2.40. The predicted octanol–water partition coefficient (Wildman–Crippen LogP) is 2.33. The quantitative estimate of drug-likeness (QED) is 0.718. The van der Waals surface area contributed by atoms with E-state index in [1.165, 1.54) is 0 Å². The highest BCUT2D eigenvalue weighted by atomic mass is 16.4. The van der Waals surface area contributed by atoms with Gasteiger partial charge in [-0.05, 0) is 51.4 Å². The van der Waals surface area contributed by atoms with Gasteiger partial charge in [-0.1, -0.05) is 13.8 Å². The van der Waals surface area contributed by atoms with Crippen molar-refractivity contribution in [1.29, 1.82) is 0 Å². The Morgan fingerprint density at radius 2 is 1.64 bits per heavy atom. The molecule has 84 valence electrons. The van der Waals surface area contributed by atoms with Gasteiger partial charge in [0.2, 0.25) is 0 Å². The Bertz CT molecular complexity index is 183. The Hall–Kier alpha value is -0.0800. The number of rotatable bonds is 2. The lowest BCUT2D eigenvalue weighted by Gasteiger charge is -2.44. The lowest BCUT2D eigenvalue weighted by Crippen LogP contribution is -2.52. The maximum Gasteiger partial charge on any atom is 0.0928 e. The third kappa shape index (κ3) is 2.29. The summed E-state index contributed by atoms with van der Waals surface area (Å²) in [4.78, 5) is 0. The van der Waals surface area contributed by atoms with E-state index in [1.54, 1.807) is 13.8 Å². The van der Waals surface area contributed by atoms with Crippen molar-refractivity contribution >= 4 is 0 Å². The Morgan fingerprint density at radius 1 is 1.21 bits per heavy atom. The first-order valence-electron chi connectivity index (χ1n) is 5.71. The zero-order valence-corrected chi connectivity index (χ0v) is 9.88. The zero-order chi connectivity index (χ0) is 11.0. The van der Waals surface area contributed by atoms with Gasteiger partial charge in [-0.2, -0.15) is 0 Å². The topological polar surface area (TPSA) is 40.5 Å². The van der Waals surface area contributed by atoms with Crippen molar-refractivity contribution in [3.8, 4) is 0 Å². The standard InChI is InChI=1S/C12H24O2/c1-9(2)10-5-7-12(14,8-6-10)11(3,4)13/h9-10,13-14H,5-8H2,1-4H3/t10-,12+. The van der Waals surface area contributed by atoms with Gasteiger partial charge in [0.25, 0.3) is 0 Å². The monoisotopic (exact) mass is 200 g/mol. The van der Waals surface area contributed by atoms with Gasteiger partial charge < -0.3 is 10.2 Å². The Labute approximate surface area is 87.3 Å². The minimum Gasteiger partial charge on any atom is -0.387 e. The summed E-state index contributed by atoms with van der Waals surface area (Å²) in [5, 5.41) is 20.1. The van der Waals surface area contributed by atoms with Crippen LogP contribution in [-0.2, 0) is 0 Å². The van der Waals surface area contributed by atoms with Gasteiger partial charge in [-0.25, -0.2) is 0 Å². The summed E-state index contributed by atoms with van der Waals surface area (Å²) >= 11 is 0. The van der Waals surface area contributed by atoms with Crippen molar-refractivity contribution in [3.63, 3.8) is 0 Å². The van der Waals surface area contributed by atoms with Crippen LogP contribution in [0.1, 0.15) is 53.4 Å². The SMILES string of the molecule is CC(C)[C@H]1CC[C@](O)(C(C)(C)O)CC1. The summed E-state index contributed by atoms with van der Waals surface area (Å²) in [6.07, 6.45) is 3.55. The van der Waals surface area contributed by atoms with E-state index < -0.39 is 11.2 Å². The van der Waals surface area contributed by atoms with Gasteiger partial charge in [0.15, 0.2) is 0 Å². The van der Waals surface area contributed by atoms with Gasteiger partial charge in [0.05, 0.1) is 11.2 Å². The van der Waals surface area contributed by atoms with E-state index in [0.717, 1.165) is 31.6 Å². The molecule has 0 aromatic heterocycles. The van der Waals surface area contributed by atoms with Gasteiger partial charge in [0.1, 0.15) is 0 Å². The normalized spacial score (nSPS) is 34.9. The van der Waals surface area contributed by atoms with Crippen molar-refractivity contribution < 1.29 is 10.2 Å². The maximum atomic E-state index is 10.3. The summed E-state index contributed by atoms with van der Waals surface area (Å²) in [5.74, 6) is 1.42. The molecule has 1 saturated carbocycles. The molecule has 1 rings (SSSR count). The van der Waals surface area contributed by atoms with E-state index in [9.17, 15) is 10.2 Å². The molecule has 0 aromatic rings. The summed E-state index contributed by atoms with van der Waals surface area (Å²) < 4.78 is 0. The summed E-state index contributed by atoms with van der Waals surface area (Å²) in [6.45, 7) is 7.89. The van der Waals surface area contributed by atoms with Crippen LogP contribution < -0.4 is 0 Å². The Balaban J connectivity index is 2.58. The molecule has 0 atom stereocenters. The largest absolute Gasteiger partial charge is 0.387 e. The molecular weight excluding hydrogens is 176 g/mol. The van der Waals surface area contributed by atoms with Crippen LogP contribution in [0.5, 0.6) is 0 Å². The second kappa shape index (κ2) is 3.82. The molecule has 0 unspecified atom stereocenters. The van der Waals surface area contributed by atoms with Gasteiger partial charge in [-0.15, -0.1) is 0 Å². The highest BCUT2D eigenvalue weighted by Crippen LogP contribution is 2.41. The molecule has 2 heteroatoms. The summed E-state index contributed by atoms with van der Waals surface area (Å²) in [7, 11) is 0. The van der Waals surface area contributed by atoms with E-state index in [1.807, 2.05) is 0 Å². The van der Waals surface area contributed by atoms with Gasteiger partial charge in [-0.3, -0.25) is 0 Å². The minimum absolute atomic E-state index is 0.696. The smallest absolute Gasteiger partial charge is 0.0928 e. The second-order valence-electron chi connectivity index (χ2n) is 5.67. The molecule has 1 fully saturated rings. The van der Waals surface area contributed by atoms with Crippen LogP contribution in [0.4, 0.5) is 0 Å². The fraction of sp³-hybridized carbons (Fsp3) is 1.00. The van der Waals surface area contributed by atoms with Crippen molar-refractivity contribution in [2.24, 2.45) is 11.8 Å². The van der Waals surface area contributed by atoms with E-state index in [4.69, 9.17) is 0 Å². The first kappa shape index (κ1) is 12.0. The molecule has 0 aliphatic heterocycles. The molecule has 14 heavy (non-hydrogen) atoms. The summed E-state index contributed by atoms with van der Waals surface area (Å²) in [5.41, 5.74) is -1.83. The first-order valence-corrected chi connectivity index (χ1v) is 5.71. The first-order chi connectivity index (χ1) is 6.26. The molecule has 1 aliphatic carbocycles. The molecule has 0 spiro atoms. The van der Waals surface area contributed by atoms with Crippen LogP contribution in [0.25, 0.3) is 0 Å². The van der Waals surface area contributed by atoms with Crippen LogP contribution in [0.2, 0.25) is 0 Å². The lowest BCUT2D eigenvalue weighted by molar-refractivity contribution is -0.155. The molecule has 0 bridgehead atoms. The van der Waals surface area contributed by atoms with Crippen LogP contribution in [0, 0.1) is 11.8 Å². The number of aliphatic hydroxyl groups is 2. The number of hydrogen-bond donors (Lipinski definition) is 2. The average Bonchev–Trinajstić information content (AvgIpc) is 2.03. The fourth-order valence-corrected chi connectivity index (χ4v) is 2.40. The van der Waals surface area contributed by atoms with E-state index >= 15 is 0 Å². The molecular formula is C12H24O2. The van der Waals surface area contributed by atoms with Crippen LogP contribution in [0.15, 0.2) is 0 Å². The summed E-state index contributed by atoms with van der Waals surface area (Å²) in [6, 6.07) is 0. The molecule has 0 heterocycles. The predicted molar refractivity (Wildman–Crippen MR) is 58.0 cm³/mol. The lowest BCUT2D eigenvalue weighted by atomic mass is 9.69. The van der Waals surface area contributed by atoms with Crippen LogP contribution in [-0.4, -0.2) is 21.4 Å². The Morgan fingerprint density at radius 3 is 1.93 bits per heavy atom. The van der Waals surface area contributed by atoms with E-state index in [0.29, 0.717) is 5.92 Å². The molecule has 2 N–H and O–H groups in total. The highest BCUT2D eigenvalue weighted by Gasteiger charge is 2.44. The van der Waals surface area contributed by atoms with Crippen molar-refractivity contribution in [2.75, 3.05) is 0 Å². The molecule has 0 aromatic carbocycles.